The molecule has 0 saturated heterocycles. The number of sulfonamides is 1. The molecule has 0 aromatic heterocycles. The van der Waals surface area contributed by atoms with E-state index in [9.17, 15) is 13.2 Å². The molecule has 25 heavy (non-hydrogen) atoms. The minimum Gasteiger partial charge on any atom is -0.482 e. The number of rotatable bonds is 6. The number of carbonyl (C=O) groups excluding carboxylic acids is 1. The van der Waals surface area contributed by atoms with Gasteiger partial charge in [0.05, 0.1) is 18.6 Å². The minimum absolute atomic E-state index is 0. The number of aryl methyl sites for hydroxylation is 1. The van der Waals surface area contributed by atoms with E-state index in [0.29, 0.717) is 6.42 Å². The fourth-order valence-electron chi connectivity index (χ4n) is 2.49. The van der Waals surface area contributed by atoms with Crippen LogP contribution in [0.15, 0.2) is 35.2 Å². The van der Waals surface area contributed by atoms with Gasteiger partial charge in [-0.3, -0.25) is 15.7 Å². The van der Waals surface area contributed by atoms with E-state index in [-0.39, 0.29) is 30.3 Å². The molecule has 1 aromatic carbocycles. The van der Waals surface area contributed by atoms with Crippen molar-refractivity contribution >= 4 is 15.9 Å². The quantitative estimate of drug-likeness (QED) is 0.369. The summed E-state index contributed by atoms with van der Waals surface area (Å²) in [6.07, 6.45) is 7.31. The summed E-state index contributed by atoms with van der Waals surface area (Å²) in [5, 5.41) is 1.03. The second-order valence-corrected chi connectivity index (χ2v) is 7.65. The molecule has 1 unspecified atom stereocenters. The Bertz CT molecular complexity index is 704. The van der Waals surface area contributed by atoms with Gasteiger partial charge >= 0.3 is 18.9 Å². The maximum atomic E-state index is 13.0. The number of hydrogen-bond acceptors (Lipinski definition) is 4. The molecule has 0 radical (unpaired) electrons. The van der Waals surface area contributed by atoms with Crippen LogP contribution in [-0.2, 0) is 19.7 Å². The smallest absolute Gasteiger partial charge is 0.482 e. The van der Waals surface area contributed by atoms with Crippen LogP contribution in [-0.4, -0.2) is 50.4 Å². The zero-order valence-corrected chi connectivity index (χ0v) is 16.0. The first-order valence-corrected chi connectivity index (χ1v) is 9.27. The van der Waals surface area contributed by atoms with Crippen molar-refractivity contribution in [1.82, 2.24) is 9.37 Å². The number of amides is 1. The fourth-order valence-corrected chi connectivity index (χ4v) is 4.02. The van der Waals surface area contributed by atoms with Gasteiger partial charge < -0.3 is 6.08 Å². The van der Waals surface area contributed by atoms with Gasteiger partial charge in [-0.05, 0) is 19.1 Å². The monoisotopic (exact) mass is 358 g/mol. The van der Waals surface area contributed by atoms with E-state index in [2.05, 4.69) is 6.08 Å². The molecule has 1 amide bonds. The van der Waals surface area contributed by atoms with Gasteiger partial charge in [0.1, 0.15) is 0 Å². The number of nitrogens with zero attached hydrogens (tertiary/aromatic N) is 2. The van der Waals surface area contributed by atoms with Crippen LogP contribution in [0, 0.1) is 13.0 Å². The minimum atomic E-state index is -3.81. The van der Waals surface area contributed by atoms with Crippen LogP contribution in [0.25, 0.3) is 0 Å². The molecule has 1 aromatic rings. The third-order valence-corrected chi connectivity index (χ3v) is 5.90. The van der Waals surface area contributed by atoms with Gasteiger partial charge in [-0.15, -0.1) is 6.04 Å². The molecule has 1 aliphatic rings. The van der Waals surface area contributed by atoms with E-state index in [1.807, 2.05) is 13.0 Å². The summed E-state index contributed by atoms with van der Waals surface area (Å²) in [4.78, 5) is 17.3. The van der Waals surface area contributed by atoms with Crippen molar-refractivity contribution in [2.45, 2.75) is 37.1 Å². The van der Waals surface area contributed by atoms with Crippen molar-refractivity contribution in [1.29, 1.82) is 0 Å². The molecule has 0 heterocycles. The number of benzene rings is 1. The summed E-state index contributed by atoms with van der Waals surface area (Å²) in [5.41, 5.74) is 0.972. The maximum Gasteiger partial charge on any atom is 1.00 e. The van der Waals surface area contributed by atoms with Crippen LogP contribution in [0.1, 0.15) is 24.8 Å². The number of hydrogen-bond donors (Lipinski definition) is 0. The number of allylic oxidation sites excluding steroid dienone is 1. The Morgan fingerprint density at radius 2 is 1.96 bits per heavy atom. The average molecular weight is 358 g/mol. The second-order valence-electron chi connectivity index (χ2n) is 5.75. The van der Waals surface area contributed by atoms with Crippen molar-refractivity contribution < 1.29 is 36.9 Å². The molecule has 2 rings (SSSR count). The Morgan fingerprint density at radius 1 is 1.32 bits per heavy atom. The van der Waals surface area contributed by atoms with E-state index in [4.69, 9.17) is 4.84 Å². The maximum absolute atomic E-state index is 13.0. The summed E-state index contributed by atoms with van der Waals surface area (Å²) in [6.45, 7) is 1.61. The van der Waals surface area contributed by atoms with Gasteiger partial charge in [0.25, 0.3) is 5.91 Å². The van der Waals surface area contributed by atoms with E-state index in [0.717, 1.165) is 23.5 Å². The van der Waals surface area contributed by atoms with Crippen LogP contribution in [0.4, 0.5) is 0 Å². The molecule has 0 fully saturated rings. The zero-order chi connectivity index (χ0) is 17.7. The first-order chi connectivity index (χ1) is 11.4. The van der Waals surface area contributed by atoms with Gasteiger partial charge in [0, 0.05) is 7.05 Å². The second kappa shape index (κ2) is 9.56. The van der Waals surface area contributed by atoms with Crippen molar-refractivity contribution in [3.63, 3.8) is 0 Å². The van der Waals surface area contributed by atoms with Gasteiger partial charge in [-0.2, -0.15) is 0 Å². The van der Waals surface area contributed by atoms with Gasteiger partial charge in [-0.25, -0.2) is 17.8 Å². The summed E-state index contributed by atoms with van der Waals surface area (Å²) < 4.78 is 27.3. The van der Waals surface area contributed by atoms with Gasteiger partial charge in [0.15, 0.2) is 0 Å². The predicted molar refractivity (Wildman–Crippen MR) is 90.3 cm³/mol. The largest absolute Gasteiger partial charge is 1.00 e. The van der Waals surface area contributed by atoms with Crippen molar-refractivity contribution in [2.75, 3.05) is 20.7 Å². The first kappa shape index (κ1) is 21.9. The molecule has 1 aliphatic carbocycles. The SMILES string of the molecule is CON(C)C(=O)CN(C1[C-]=CCCC1)S(=O)(=O)c1ccc(C)cc1.[Li+]. The molecule has 0 spiro atoms. The Kier molecular flexibility index (Phi) is 8.39. The Balaban J connectivity index is 0.00000312. The topological polar surface area (TPSA) is 66.9 Å². The molecule has 0 N–H and O–H groups in total. The van der Waals surface area contributed by atoms with E-state index < -0.39 is 22.0 Å². The molecule has 1 atom stereocenters. The number of carbonyl (C=O) groups is 1. The molecular formula is C17H23LiN2O4S. The molecule has 6 nitrogen and oxygen atoms in total. The Hall–Kier alpha value is -1.10. The van der Waals surface area contributed by atoms with Crippen molar-refractivity contribution in [2.24, 2.45) is 0 Å². The van der Waals surface area contributed by atoms with Gasteiger partial charge in [0.2, 0.25) is 10.0 Å². The van der Waals surface area contributed by atoms with Crippen LogP contribution in [0.5, 0.6) is 0 Å². The third-order valence-electron chi connectivity index (χ3n) is 4.03. The van der Waals surface area contributed by atoms with Gasteiger partial charge in [-0.1, -0.05) is 37.0 Å². The average Bonchev–Trinajstić information content (AvgIpc) is 2.59. The fraction of sp³-hybridized carbons (Fsp3) is 0.471. The summed E-state index contributed by atoms with van der Waals surface area (Å²) in [6, 6.07) is 6.17. The summed E-state index contributed by atoms with van der Waals surface area (Å²) >= 11 is 0. The van der Waals surface area contributed by atoms with Crippen LogP contribution in [0.2, 0.25) is 0 Å². The molecule has 8 heteroatoms. The van der Waals surface area contributed by atoms with Crippen molar-refractivity contribution in [3.05, 3.63) is 42.0 Å². The van der Waals surface area contributed by atoms with Crippen LogP contribution >= 0.6 is 0 Å². The third kappa shape index (κ3) is 5.43. The van der Waals surface area contributed by atoms with E-state index >= 15 is 0 Å². The molecular weight excluding hydrogens is 335 g/mol. The van der Waals surface area contributed by atoms with Crippen molar-refractivity contribution in [3.8, 4) is 0 Å². The molecule has 0 bridgehead atoms. The van der Waals surface area contributed by atoms with Crippen LogP contribution < -0.4 is 18.9 Å². The number of likely N-dealkylation sites (N-methyl/N-ethyl adjacent to an activating group) is 1. The zero-order valence-electron chi connectivity index (χ0n) is 15.2. The Morgan fingerprint density at radius 3 is 2.48 bits per heavy atom. The predicted octanol–water partition coefficient (Wildman–Crippen LogP) is -1.08. The number of hydroxylamine groups is 2. The summed E-state index contributed by atoms with van der Waals surface area (Å²) in [7, 11) is -0.984. The first-order valence-electron chi connectivity index (χ1n) is 7.83. The Labute approximate surface area is 162 Å². The standard InChI is InChI=1S/C17H23N2O4S.Li/c1-14-9-11-16(12-10-14)24(21,22)19(13-17(20)18(2)23-3)15-7-5-4-6-8-15;/h5,9-12,15H,4,6,8,13H2,1-3H3;/q-1;+1. The van der Waals surface area contributed by atoms with E-state index in [1.54, 1.807) is 24.3 Å². The summed E-state index contributed by atoms with van der Waals surface area (Å²) in [5.74, 6) is -0.430. The normalized spacial score (nSPS) is 17.2. The van der Waals surface area contributed by atoms with Crippen LogP contribution in [0.3, 0.4) is 0 Å². The molecule has 0 saturated carbocycles. The molecule has 0 aliphatic heterocycles. The molecule has 132 valence electrons. The van der Waals surface area contributed by atoms with E-state index in [1.165, 1.54) is 18.5 Å².